The fraction of sp³-hybridized carbons (Fsp3) is 0.370. The number of nitrogens with one attached hydrogen (secondary N) is 1. The van der Waals surface area contributed by atoms with E-state index in [1.807, 2.05) is 36.4 Å². The van der Waals surface area contributed by atoms with Crippen LogP contribution < -0.4 is 15.6 Å². The van der Waals surface area contributed by atoms with Gasteiger partial charge in [0, 0.05) is 23.4 Å². The molecular formula is C27H32N4O4. The Morgan fingerprint density at radius 1 is 1.14 bits per heavy atom. The zero-order chi connectivity index (χ0) is 24.6. The van der Waals surface area contributed by atoms with E-state index in [2.05, 4.69) is 22.4 Å². The van der Waals surface area contributed by atoms with Gasteiger partial charge in [-0.05, 0) is 87.8 Å². The molecule has 1 saturated heterocycles. The van der Waals surface area contributed by atoms with Crippen molar-refractivity contribution < 1.29 is 14.3 Å². The second-order valence-corrected chi connectivity index (χ2v) is 8.70. The van der Waals surface area contributed by atoms with E-state index in [1.54, 1.807) is 25.1 Å². The summed E-state index contributed by atoms with van der Waals surface area (Å²) in [4.78, 5) is 26.5. The average Bonchev–Trinajstić information content (AvgIpc) is 3.26. The fourth-order valence-corrected chi connectivity index (χ4v) is 4.30. The fourth-order valence-electron chi connectivity index (χ4n) is 4.30. The van der Waals surface area contributed by atoms with Gasteiger partial charge in [-0.25, -0.2) is 9.48 Å². The number of hydrogen-bond acceptors (Lipinski definition) is 6. The van der Waals surface area contributed by atoms with Crippen LogP contribution in [0.25, 0.3) is 11.3 Å². The molecule has 1 unspecified atom stereocenters. The molecule has 1 amide bonds. The predicted octanol–water partition coefficient (Wildman–Crippen LogP) is 4.39. The van der Waals surface area contributed by atoms with Gasteiger partial charge < -0.3 is 14.4 Å². The highest BCUT2D eigenvalue weighted by molar-refractivity contribution is 5.84. The Labute approximate surface area is 205 Å². The zero-order valence-corrected chi connectivity index (χ0v) is 20.3. The summed E-state index contributed by atoms with van der Waals surface area (Å²) in [6.07, 6.45) is 3.02. The summed E-state index contributed by atoms with van der Waals surface area (Å²) < 4.78 is 12.3. The van der Waals surface area contributed by atoms with Gasteiger partial charge in [-0.1, -0.05) is 12.1 Å². The zero-order valence-electron chi connectivity index (χ0n) is 20.3. The molecule has 1 aliphatic rings. The molecule has 8 nitrogen and oxygen atoms in total. The van der Waals surface area contributed by atoms with Gasteiger partial charge in [0.05, 0.1) is 25.5 Å². The van der Waals surface area contributed by atoms with Crippen LogP contribution in [-0.4, -0.2) is 53.6 Å². The molecule has 3 aromatic rings. The number of rotatable bonds is 9. The second kappa shape index (κ2) is 11.7. The summed E-state index contributed by atoms with van der Waals surface area (Å²) in [5.74, 6) is 0.827. The van der Waals surface area contributed by atoms with Gasteiger partial charge in [-0.2, -0.15) is 5.10 Å². The average molecular weight is 477 g/mol. The summed E-state index contributed by atoms with van der Waals surface area (Å²) in [6, 6.07) is 18.9. The van der Waals surface area contributed by atoms with Crippen molar-refractivity contribution >= 4 is 11.8 Å². The Morgan fingerprint density at radius 2 is 1.97 bits per heavy atom. The second-order valence-electron chi connectivity index (χ2n) is 8.70. The molecule has 35 heavy (non-hydrogen) atoms. The van der Waals surface area contributed by atoms with Crippen LogP contribution in [0, 0.1) is 0 Å². The minimum Gasteiger partial charge on any atom is -0.494 e. The number of ether oxygens (including phenoxy) is 2. The number of aromatic nitrogens is 2. The quantitative estimate of drug-likeness (QED) is 0.493. The minimum atomic E-state index is -0.514. The highest BCUT2D eigenvalue weighted by atomic mass is 16.5. The molecule has 2 heterocycles. The molecule has 1 atom stereocenters. The van der Waals surface area contributed by atoms with Gasteiger partial charge in [0.1, 0.15) is 5.75 Å². The van der Waals surface area contributed by atoms with Crippen LogP contribution in [0.1, 0.15) is 31.7 Å². The highest BCUT2D eigenvalue weighted by Crippen LogP contribution is 2.22. The van der Waals surface area contributed by atoms with E-state index in [9.17, 15) is 9.59 Å². The number of anilines is 1. The van der Waals surface area contributed by atoms with Crippen LogP contribution in [-0.2, 0) is 11.3 Å². The van der Waals surface area contributed by atoms with E-state index in [4.69, 9.17) is 9.47 Å². The smallest absolute Gasteiger partial charge is 0.411 e. The van der Waals surface area contributed by atoms with Gasteiger partial charge in [-0.3, -0.25) is 10.1 Å². The largest absolute Gasteiger partial charge is 0.494 e. The van der Waals surface area contributed by atoms with E-state index in [0.717, 1.165) is 23.3 Å². The summed E-state index contributed by atoms with van der Waals surface area (Å²) in [5.41, 5.74) is 2.83. The van der Waals surface area contributed by atoms with Crippen molar-refractivity contribution in [1.82, 2.24) is 14.7 Å². The van der Waals surface area contributed by atoms with E-state index in [0.29, 0.717) is 30.6 Å². The van der Waals surface area contributed by atoms with Crippen LogP contribution in [0.3, 0.4) is 0 Å². The lowest BCUT2D eigenvalue weighted by molar-refractivity contribution is 0.168. The first-order chi connectivity index (χ1) is 17.0. The lowest BCUT2D eigenvalue weighted by Gasteiger charge is -2.19. The molecular weight excluding hydrogens is 444 g/mol. The molecule has 0 aliphatic carbocycles. The predicted molar refractivity (Wildman–Crippen MR) is 136 cm³/mol. The maximum absolute atomic E-state index is 12.4. The van der Waals surface area contributed by atoms with Crippen LogP contribution in [0.2, 0.25) is 0 Å². The van der Waals surface area contributed by atoms with Crippen molar-refractivity contribution in [3.8, 4) is 17.0 Å². The number of carbonyl (C=O) groups excluding carboxylic acids is 1. The van der Waals surface area contributed by atoms with Crippen molar-refractivity contribution in [2.45, 2.75) is 38.8 Å². The normalized spacial score (nSPS) is 15.7. The first-order valence-electron chi connectivity index (χ1n) is 12.1. The first kappa shape index (κ1) is 24.5. The lowest BCUT2D eigenvalue weighted by atomic mass is 10.1. The van der Waals surface area contributed by atoms with Gasteiger partial charge in [-0.15, -0.1) is 0 Å². The third-order valence-corrected chi connectivity index (χ3v) is 6.19. The van der Waals surface area contributed by atoms with Crippen molar-refractivity contribution in [3.63, 3.8) is 0 Å². The van der Waals surface area contributed by atoms with Gasteiger partial charge in [0.25, 0.3) is 5.56 Å². The monoisotopic (exact) mass is 476 g/mol. The molecule has 1 aliphatic heterocycles. The summed E-state index contributed by atoms with van der Waals surface area (Å²) in [7, 11) is 2.18. The number of hydrogen-bond donors (Lipinski definition) is 1. The molecule has 1 aromatic heterocycles. The van der Waals surface area contributed by atoms with E-state index in [1.165, 1.54) is 30.1 Å². The number of likely N-dealkylation sites (tertiary alicyclic amines) is 1. The third kappa shape index (κ3) is 6.70. The molecule has 4 rings (SSSR count). The Kier molecular flexibility index (Phi) is 8.15. The van der Waals surface area contributed by atoms with E-state index < -0.39 is 6.09 Å². The van der Waals surface area contributed by atoms with Gasteiger partial charge in [0.2, 0.25) is 0 Å². The summed E-state index contributed by atoms with van der Waals surface area (Å²) >= 11 is 0. The molecule has 0 bridgehead atoms. The summed E-state index contributed by atoms with van der Waals surface area (Å²) in [6.45, 7) is 4.19. The Hall–Kier alpha value is -3.65. The van der Waals surface area contributed by atoms with Gasteiger partial charge >= 0.3 is 6.09 Å². The molecule has 0 spiro atoms. The highest BCUT2D eigenvalue weighted by Gasteiger charge is 2.20. The Morgan fingerprint density at radius 3 is 2.71 bits per heavy atom. The van der Waals surface area contributed by atoms with Crippen LogP contribution in [0.5, 0.6) is 5.75 Å². The van der Waals surface area contributed by atoms with Crippen molar-refractivity contribution in [2.75, 3.05) is 32.1 Å². The molecule has 0 radical (unpaired) electrons. The Bertz CT molecular complexity index is 1190. The summed E-state index contributed by atoms with van der Waals surface area (Å²) in [5, 5.41) is 7.23. The molecule has 0 saturated carbocycles. The standard InChI is InChI=1S/C27H32N4O4/c1-3-34-27(33)28-22-7-4-6-20(18-22)19-31-26(32)14-13-25(29-31)21-9-11-24(12-10-21)35-17-15-23-8-5-16-30(23)2/h4,6-7,9-14,18,23H,3,5,8,15-17,19H2,1-2H3,(H,28,33). The van der Waals surface area contributed by atoms with Crippen molar-refractivity contribution in [1.29, 1.82) is 0 Å². The van der Waals surface area contributed by atoms with Crippen LogP contribution >= 0.6 is 0 Å². The number of carbonyl (C=O) groups is 1. The number of amides is 1. The Balaban J connectivity index is 1.40. The van der Waals surface area contributed by atoms with Crippen molar-refractivity contribution in [2.24, 2.45) is 0 Å². The maximum Gasteiger partial charge on any atom is 0.411 e. The molecule has 184 valence electrons. The maximum atomic E-state index is 12.4. The topological polar surface area (TPSA) is 85.7 Å². The number of benzene rings is 2. The molecule has 2 aromatic carbocycles. The molecule has 1 fully saturated rings. The number of nitrogens with zero attached hydrogens (tertiary/aromatic N) is 3. The van der Waals surface area contributed by atoms with Gasteiger partial charge in [0.15, 0.2) is 0 Å². The van der Waals surface area contributed by atoms with Crippen LogP contribution in [0.4, 0.5) is 10.5 Å². The third-order valence-electron chi connectivity index (χ3n) is 6.19. The molecule has 8 heteroatoms. The lowest BCUT2D eigenvalue weighted by Crippen LogP contribution is -2.26. The van der Waals surface area contributed by atoms with Crippen LogP contribution in [0.15, 0.2) is 65.5 Å². The van der Waals surface area contributed by atoms with E-state index in [-0.39, 0.29) is 12.1 Å². The van der Waals surface area contributed by atoms with Crippen molar-refractivity contribution in [3.05, 3.63) is 76.6 Å². The minimum absolute atomic E-state index is 0.200. The SMILES string of the molecule is CCOC(=O)Nc1cccc(Cn2nc(-c3ccc(OCCC4CCCN4C)cc3)ccc2=O)c1. The molecule has 1 N–H and O–H groups in total. The first-order valence-corrected chi connectivity index (χ1v) is 12.1. The van der Waals surface area contributed by atoms with E-state index >= 15 is 0 Å².